The van der Waals surface area contributed by atoms with Gasteiger partial charge in [0, 0.05) is 0 Å². The summed E-state index contributed by atoms with van der Waals surface area (Å²) in [4.78, 5) is 24.7. The quantitative estimate of drug-likeness (QED) is 0.787. The Bertz CT molecular complexity index is 512. The molecule has 1 fully saturated rings. The van der Waals surface area contributed by atoms with Gasteiger partial charge in [0.25, 0.3) is 0 Å². The van der Waals surface area contributed by atoms with Crippen LogP contribution >= 0.6 is 0 Å². The zero-order valence-corrected chi connectivity index (χ0v) is 12.2. The normalized spacial score (nSPS) is 18.9. The van der Waals surface area contributed by atoms with Gasteiger partial charge >= 0.3 is 19.1 Å². The molecule has 6 heteroatoms. The van der Waals surface area contributed by atoms with Crippen LogP contribution in [0.3, 0.4) is 0 Å². The number of carbonyl (C=O) groups excluding carboxylic acids is 2. The lowest BCUT2D eigenvalue weighted by Gasteiger charge is -2.21. The van der Waals surface area contributed by atoms with Crippen molar-refractivity contribution in [3.63, 3.8) is 0 Å². The van der Waals surface area contributed by atoms with Gasteiger partial charge < -0.3 is 9.31 Å². The summed E-state index contributed by atoms with van der Waals surface area (Å²) in [7, 11) is 0.709. The van der Waals surface area contributed by atoms with E-state index in [9.17, 15) is 9.59 Å². The van der Waals surface area contributed by atoms with Gasteiger partial charge in [-0.05, 0) is 24.5 Å². The predicted molar refractivity (Wildman–Crippen MR) is 79.4 cm³/mol. The Morgan fingerprint density at radius 1 is 1.14 bits per heavy atom. The van der Waals surface area contributed by atoms with E-state index >= 15 is 0 Å². The molecule has 0 aliphatic carbocycles. The van der Waals surface area contributed by atoms with Gasteiger partial charge in [0.05, 0.1) is 13.1 Å². The minimum Gasteiger partial charge on any atom is -0.495 e. The second kappa shape index (κ2) is 7.08. The second-order valence-electron chi connectivity index (χ2n) is 5.10. The average molecular weight is 287 g/mol. The van der Waals surface area contributed by atoms with Crippen molar-refractivity contribution >= 4 is 19.1 Å². The number of likely N-dealkylation sites (N-methyl/N-ethyl adjacent to an activating group) is 1. The maximum Gasteiger partial charge on any atom is 0.628 e. The molecule has 0 amide bonds. The van der Waals surface area contributed by atoms with Gasteiger partial charge in [0.15, 0.2) is 0 Å². The molecule has 1 atom stereocenters. The second-order valence-corrected chi connectivity index (χ2v) is 5.10. The predicted octanol–water partition coefficient (Wildman–Crippen LogP) is 1.41. The smallest absolute Gasteiger partial charge is 0.495 e. The van der Waals surface area contributed by atoms with Gasteiger partial charge in [0.2, 0.25) is 0 Å². The Morgan fingerprint density at radius 3 is 2.29 bits per heavy atom. The maximum absolute atomic E-state index is 11.6. The SMILES string of the molecule is C[C@@H](/C=C/B1OC(=O)CN(C)CC(=O)O1)c1ccccc1. The Labute approximate surface area is 124 Å². The zero-order chi connectivity index (χ0) is 15.2. The molecule has 0 N–H and O–H groups in total. The summed E-state index contributed by atoms with van der Waals surface area (Å²) in [5.41, 5.74) is 1.14. The fourth-order valence-corrected chi connectivity index (χ4v) is 2.06. The molecule has 1 aromatic carbocycles. The number of nitrogens with zero attached hydrogens (tertiary/aromatic N) is 1. The Hall–Kier alpha value is -2.08. The van der Waals surface area contributed by atoms with E-state index < -0.39 is 19.1 Å². The first-order valence-corrected chi connectivity index (χ1v) is 6.85. The molecule has 2 rings (SSSR count). The van der Waals surface area contributed by atoms with Crippen LogP contribution in [0.15, 0.2) is 42.4 Å². The van der Waals surface area contributed by atoms with Gasteiger partial charge in [-0.1, -0.05) is 43.3 Å². The van der Waals surface area contributed by atoms with Crippen LogP contribution in [-0.2, 0) is 18.9 Å². The van der Waals surface area contributed by atoms with Gasteiger partial charge in [-0.15, -0.1) is 0 Å². The molecule has 0 saturated carbocycles. The average Bonchev–Trinajstić information content (AvgIpc) is 2.43. The first-order valence-electron chi connectivity index (χ1n) is 6.85. The fraction of sp³-hybridized carbons (Fsp3) is 0.333. The molecule has 1 heterocycles. The summed E-state index contributed by atoms with van der Waals surface area (Å²) in [5, 5.41) is 0. The summed E-state index contributed by atoms with van der Waals surface area (Å²) >= 11 is 0. The number of hydrogen-bond acceptors (Lipinski definition) is 5. The first kappa shape index (κ1) is 15.3. The Balaban J connectivity index is 2.01. The zero-order valence-electron chi connectivity index (χ0n) is 12.2. The van der Waals surface area contributed by atoms with Crippen molar-refractivity contribution in [2.75, 3.05) is 20.1 Å². The molecule has 1 saturated heterocycles. The van der Waals surface area contributed by atoms with Crippen molar-refractivity contribution in [1.29, 1.82) is 0 Å². The topological polar surface area (TPSA) is 55.8 Å². The van der Waals surface area contributed by atoms with Crippen LogP contribution in [0.25, 0.3) is 0 Å². The van der Waals surface area contributed by atoms with Crippen LogP contribution in [0.2, 0.25) is 0 Å². The number of allylic oxidation sites excluding steroid dienone is 1. The molecule has 0 radical (unpaired) electrons. The van der Waals surface area contributed by atoms with E-state index in [-0.39, 0.29) is 19.0 Å². The van der Waals surface area contributed by atoms with Crippen molar-refractivity contribution in [1.82, 2.24) is 4.90 Å². The summed E-state index contributed by atoms with van der Waals surface area (Å²) < 4.78 is 10.2. The van der Waals surface area contributed by atoms with Crippen LogP contribution in [0.4, 0.5) is 0 Å². The van der Waals surface area contributed by atoms with Crippen LogP contribution < -0.4 is 0 Å². The van der Waals surface area contributed by atoms with E-state index in [0.29, 0.717) is 0 Å². The molecule has 0 spiro atoms. The van der Waals surface area contributed by atoms with E-state index in [1.54, 1.807) is 17.9 Å². The first-order chi connectivity index (χ1) is 10.0. The monoisotopic (exact) mass is 287 g/mol. The molecule has 1 aliphatic rings. The van der Waals surface area contributed by atoms with Gasteiger partial charge in [-0.2, -0.15) is 0 Å². The summed E-state index contributed by atoms with van der Waals surface area (Å²) in [6, 6.07) is 9.91. The van der Waals surface area contributed by atoms with Crippen LogP contribution in [0.5, 0.6) is 0 Å². The van der Waals surface area contributed by atoms with E-state index in [0.717, 1.165) is 5.56 Å². The van der Waals surface area contributed by atoms with Crippen molar-refractivity contribution in [2.24, 2.45) is 0 Å². The van der Waals surface area contributed by atoms with E-state index in [2.05, 4.69) is 0 Å². The molecule has 0 unspecified atom stereocenters. The Morgan fingerprint density at radius 2 is 1.71 bits per heavy atom. The highest BCUT2D eigenvalue weighted by molar-refractivity contribution is 6.54. The van der Waals surface area contributed by atoms with Gasteiger partial charge in [0.1, 0.15) is 0 Å². The van der Waals surface area contributed by atoms with Crippen LogP contribution in [0.1, 0.15) is 18.4 Å². The minimum absolute atomic E-state index is 0.0771. The van der Waals surface area contributed by atoms with Crippen LogP contribution in [-0.4, -0.2) is 44.1 Å². The van der Waals surface area contributed by atoms with E-state index in [4.69, 9.17) is 9.31 Å². The summed E-state index contributed by atoms with van der Waals surface area (Å²) in [6.07, 6.45) is 1.87. The molecular weight excluding hydrogens is 269 g/mol. The van der Waals surface area contributed by atoms with Crippen LogP contribution in [0, 0.1) is 0 Å². The van der Waals surface area contributed by atoms with E-state index in [1.165, 1.54) is 0 Å². The minimum atomic E-state index is -0.954. The van der Waals surface area contributed by atoms with Crippen molar-refractivity contribution in [2.45, 2.75) is 12.8 Å². The van der Waals surface area contributed by atoms with Gasteiger partial charge in [-0.25, -0.2) is 0 Å². The van der Waals surface area contributed by atoms with Crippen molar-refractivity contribution < 1.29 is 18.9 Å². The molecule has 21 heavy (non-hydrogen) atoms. The molecule has 0 aromatic heterocycles. The molecule has 0 bridgehead atoms. The van der Waals surface area contributed by atoms with E-state index in [1.807, 2.05) is 43.3 Å². The number of benzene rings is 1. The third kappa shape index (κ3) is 4.75. The highest BCUT2D eigenvalue weighted by Crippen LogP contribution is 2.16. The highest BCUT2D eigenvalue weighted by atomic mass is 16.6. The summed E-state index contributed by atoms with van der Waals surface area (Å²) in [5.74, 6) is 0.925. The molecule has 1 aromatic rings. The molecular formula is C15H18BNO4. The Kier molecular flexibility index (Phi) is 5.17. The molecule has 1 aliphatic heterocycles. The molecule has 110 valence electrons. The highest BCUT2D eigenvalue weighted by Gasteiger charge is 2.29. The third-order valence-electron chi connectivity index (χ3n) is 3.18. The lowest BCUT2D eigenvalue weighted by atomic mass is 9.86. The number of rotatable bonds is 3. The van der Waals surface area contributed by atoms with Crippen molar-refractivity contribution in [3.05, 3.63) is 47.9 Å². The van der Waals surface area contributed by atoms with Crippen molar-refractivity contribution in [3.8, 4) is 0 Å². The lowest BCUT2D eigenvalue weighted by molar-refractivity contribution is -0.145. The summed E-state index contributed by atoms with van der Waals surface area (Å²) in [6.45, 7) is 2.17. The fourth-order valence-electron chi connectivity index (χ4n) is 2.06. The lowest BCUT2D eigenvalue weighted by Crippen LogP contribution is -2.41. The van der Waals surface area contributed by atoms with Gasteiger partial charge in [-0.3, -0.25) is 14.5 Å². The largest absolute Gasteiger partial charge is 0.628 e. The maximum atomic E-state index is 11.6. The number of carbonyl (C=O) groups is 2. The standard InChI is InChI=1S/C15H18BNO4/c1-12(13-6-4-3-5-7-13)8-9-16-20-14(18)10-17(2)11-15(19)21-16/h3-9,12H,10-11H2,1-2H3/b9-8+/t12-/m0/s1. The third-order valence-corrected chi connectivity index (χ3v) is 3.18. The number of hydrogen-bond donors (Lipinski definition) is 0. The molecule has 5 nitrogen and oxygen atoms in total.